The normalized spacial score (nSPS) is 14.4. The molecule has 0 rings (SSSR count). The van der Waals surface area contributed by atoms with E-state index in [2.05, 4.69) is 0 Å². The van der Waals surface area contributed by atoms with Crippen molar-refractivity contribution in [1.29, 1.82) is 0 Å². The average Bonchev–Trinajstić information content (AvgIpc) is 1.96. The maximum atomic E-state index is 6.15. The van der Waals surface area contributed by atoms with Crippen molar-refractivity contribution in [3.8, 4) is 0 Å². The minimum Gasteiger partial charge on any atom is -0.146 e. The molecule has 0 saturated heterocycles. The highest BCUT2D eigenvalue weighted by Gasteiger charge is 2.37. The lowest BCUT2D eigenvalue weighted by Crippen LogP contribution is -2.25. The van der Waals surface area contributed by atoms with Gasteiger partial charge in [0.1, 0.15) is 0 Å². The van der Waals surface area contributed by atoms with Crippen molar-refractivity contribution in [2.45, 2.75) is 24.2 Å². The molecule has 0 fully saturated rings. The average molecular weight is 424 g/mol. The van der Waals surface area contributed by atoms with Gasteiger partial charge < -0.3 is 0 Å². The first-order valence-electron chi connectivity index (χ1n) is 3.93. The molecule has 0 saturated carbocycles. The molecule has 0 aromatic heterocycles. The van der Waals surface area contributed by atoms with E-state index in [0.29, 0.717) is 24.2 Å². The molecule has 92 valence electrons. The number of hydrogen-bond acceptors (Lipinski definition) is 0. The van der Waals surface area contributed by atoms with Gasteiger partial charge in [-0.05, 0) is 24.2 Å². The highest BCUT2D eigenvalue weighted by molar-refractivity contribution is 7.65. The van der Waals surface area contributed by atoms with E-state index in [1.165, 1.54) is 0 Å². The van der Waals surface area contributed by atoms with Gasteiger partial charge in [-0.3, -0.25) is 0 Å². The molecule has 0 bridgehead atoms. The highest BCUT2D eigenvalue weighted by atomic mass is 35.8. The molecule has 0 amide bonds. The fraction of sp³-hybridized carbons (Fsp3) is 1.00. The molecule has 0 nitrogen and oxygen atoms in total. The highest BCUT2D eigenvalue weighted by Crippen LogP contribution is 2.38. The molecular weight excluding hydrogens is 416 g/mol. The maximum Gasteiger partial charge on any atom is 0.341 e. The fourth-order valence-electron chi connectivity index (χ4n) is 0.774. The molecule has 0 radical (unpaired) electrons. The van der Waals surface area contributed by atoms with Crippen molar-refractivity contribution < 1.29 is 0 Å². The number of hydrogen-bond donors (Lipinski definition) is 0. The van der Waals surface area contributed by atoms with Gasteiger partial charge >= 0.3 is 12.0 Å². The second-order valence-corrected chi connectivity index (χ2v) is 29.3. The first-order chi connectivity index (χ1) is 6.41. The number of halogens is 8. The summed E-state index contributed by atoms with van der Waals surface area (Å²) in [6, 6.07) is -3.31. The molecule has 0 heterocycles. The van der Waals surface area contributed by atoms with Gasteiger partial charge in [-0.2, -0.15) is 0 Å². The lowest BCUT2D eigenvalue weighted by Gasteiger charge is -2.19. The van der Waals surface area contributed by atoms with Crippen LogP contribution in [0, 0.1) is 0 Å². The summed E-state index contributed by atoms with van der Waals surface area (Å²) in [5.74, 6) is 0. The lowest BCUT2D eigenvalue weighted by molar-refractivity contribution is 1.31. The second kappa shape index (κ2) is 6.94. The van der Waals surface area contributed by atoms with Gasteiger partial charge in [0.2, 0.25) is 0 Å². The molecule has 0 aliphatic heterocycles. The Bertz CT molecular complexity index is 175. The predicted octanol–water partition coefficient (Wildman–Crippen LogP) is 6.22. The molecule has 0 aliphatic rings. The first kappa shape index (κ1) is 18.0. The van der Waals surface area contributed by atoms with E-state index in [-0.39, 0.29) is 0 Å². The van der Waals surface area contributed by atoms with Crippen molar-refractivity contribution in [3.05, 3.63) is 0 Å². The van der Waals surface area contributed by atoms with E-state index in [4.69, 9.17) is 88.6 Å². The predicted molar refractivity (Wildman–Crippen MR) is 83.3 cm³/mol. The summed E-state index contributed by atoms with van der Waals surface area (Å²) in [7, 11) is 0. The molecule has 0 atom stereocenters. The van der Waals surface area contributed by atoms with Crippen LogP contribution >= 0.6 is 88.6 Å². The molecule has 0 aliphatic carbocycles. The van der Waals surface area contributed by atoms with Gasteiger partial charge in [0, 0.05) is 0 Å². The summed E-state index contributed by atoms with van der Waals surface area (Å²) < 4.78 is 0. The summed E-state index contributed by atoms with van der Waals surface area (Å²) in [4.78, 5) is 0. The molecule has 15 heavy (non-hydrogen) atoms. The third kappa shape index (κ3) is 13.2. The zero-order chi connectivity index (χ0) is 12.3. The third-order valence-corrected chi connectivity index (χ3v) is 11.8. The van der Waals surface area contributed by atoms with Crippen LogP contribution in [0.4, 0.5) is 0 Å². The van der Waals surface area contributed by atoms with Crippen molar-refractivity contribution >= 4 is 107 Å². The van der Waals surface area contributed by atoms with Gasteiger partial charge in [0.25, 0.3) is 6.69 Å². The van der Waals surface area contributed by atoms with E-state index in [1.54, 1.807) is 0 Å². The molecule has 11 heteroatoms. The maximum absolute atomic E-state index is 6.15. The SMILES string of the molecule is Cl[Si](Cl)(Cl)CC[Si](Cl)(Cl)CC[Si](Cl)(Cl)Cl. The molecular formula is C4H8Cl8Si3. The van der Waals surface area contributed by atoms with Crippen LogP contribution in [-0.4, -0.2) is 18.7 Å². The van der Waals surface area contributed by atoms with Crippen LogP contribution in [0.5, 0.6) is 0 Å². The van der Waals surface area contributed by atoms with Crippen LogP contribution in [0.15, 0.2) is 0 Å². The first-order valence-corrected chi connectivity index (χ1v) is 18.8. The van der Waals surface area contributed by atoms with Gasteiger partial charge in [0.15, 0.2) is 0 Å². The van der Waals surface area contributed by atoms with Crippen LogP contribution in [0.2, 0.25) is 24.2 Å². The Balaban J connectivity index is 3.98. The van der Waals surface area contributed by atoms with Gasteiger partial charge in [-0.1, -0.05) is 0 Å². The quantitative estimate of drug-likeness (QED) is 0.351. The van der Waals surface area contributed by atoms with E-state index >= 15 is 0 Å². The minimum atomic E-state index is -2.65. The molecule has 0 unspecified atom stereocenters. The Morgan fingerprint density at radius 1 is 0.467 bits per heavy atom. The third-order valence-electron chi connectivity index (χ3n) is 1.55. The zero-order valence-corrected chi connectivity index (χ0v) is 16.4. The summed E-state index contributed by atoms with van der Waals surface area (Å²) in [5, 5.41) is 0. The largest absolute Gasteiger partial charge is 0.341 e. The van der Waals surface area contributed by atoms with E-state index in [0.717, 1.165) is 0 Å². The van der Waals surface area contributed by atoms with Crippen LogP contribution in [0.3, 0.4) is 0 Å². The van der Waals surface area contributed by atoms with Crippen LogP contribution in [0.25, 0.3) is 0 Å². The zero-order valence-electron chi connectivity index (χ0n) is 7.35. The van der Waals surface area contributed by atoms with Crippen molar-refractivity contribution in [2.75, 3.05) is 0 Å². The Labute approximate surface area is 130 Å². The fourth-order valence-corrected chi connectivity index (χ4v) is 14.7. The van der Waals surface area contributed by atoms with Gasteiger partial charge in [-0.25, -0.2) is 0 Å². The van der Waals surface area contributed by atoms with E-state index < -0.39 is 18.7 Å². The van der Waals surface area contributed by atoms with Crippen molar-refractivity contribution in [1.82, 2.24) is 0 Å². The smallest absolute Gasteiger partial charge is 0.146 e. The van der Waals surface area contributed by atoms with Crippen LogP contribution in [0.1, 0.15) is 0 Å². The van der Waals surface area contributed by atoms with E-state index in [9.17, 15) is 0 Å². The molecule has 0 spiro atoms. The Morgan fingerprint density at radius 2 is 0.733 bits per heavy atom. The Morgan fingerprint density at radius 3 is 0.933 bits per heavy atom. The lowest BCUT2D eigenvalue weighted by atomic mass is 10.9. The van der Waals surface area contributed by atoms with Crippen molar-refractivity contribution in [2.24, 2.45) is 0 Å². The number of rotatable bonds is 6. The summed E-state index contributed by atoms with van der Waals surface area (Å²) in [5.41, 5.74) is 0. The summed E-state index contributed by atoms with van der Waals surface area (Å²) in [6.45, 7) is -2.42. The summed E-state index contributed by atoms with van der Waals surface area (Å²) in [6.07, 6.45) is 0. The topological polar surface area (TPSA) is 0 Å². The molecule has 0 N–H and O–H groups in total. The van der Waals surface area contributed by atoms with Gasteiger partial charge in [-0.15, -0.1) is 88.6 Å². The minimum absolute atomic E-state index is 0.457. The standard InChI is InChI=1S/C4H8Cl8Si3/c5-13(6,1-3-14(7,8)9)2-4-15(10,11)12/h1-4H2. The van der Waals surface area contributed by atoms with Crippen LogP contribution in [-0.2, 0) is 0 Å². The second-order valence-electron chi connectivity index (χ2n) is 3.09. The van der Waals surface area contributed by atoms with E-state index in [1.807, 2.05) is 0 Å². The Hall–Kier alpha value is 2.97. The molecule has 0 aromatic carbocycles. The Kier molecular flexibility index (Phi) is 8.32. The van der Waals surface area contributed by atoms with Crippen LogP contribution < -0.4 is 0 Å². The monoisotopic (exact) mass is 420 g/mol. The molecule has 0 aromatic rings. The van der Waals surface area contributed by atoms with Crippen molar-refractivity contribution in [3.63, 3.8) is 0 Å². The van der Waals surface area contributed by atoms with Gasteiger partial charge in [0.05, 0.1) is 0 Å². The summed E-state index contributed by atoms with van der Waals surface area (Å²) >= 11 is 46.7.